The van der Waals surface area contributed by atoms with Gasteiger partial charge in [0.05, 0.1) is 28.1 Å². The lowest BCUT2D eigenvalue weighted by molar-refractivity contribution is -0.140. The second-order valence-electron chi connectivity index (χ2n) is 19.8. The summed E-state index contributed by atoms with van der Waals surface area (Å²) in [5, 5.41) is -1.83. The monoisotopic (exact) mass is 1040 g/mol. The minimum Gasteiger partial charge on any atom is -0.427 e. The van der Waals surface area contributed by atoms with Crippen LogP contribution in [0, 0.1) is 13.8 Å². The highest BCUT2D eigenvalue weighted by Gasteiger charge is 2.42. The molecular weight excluding hydrogens is 1000 g/mol. The van der Waals surface area contributed by atoms with Crippen LogP contribution in [0.4, 0.5) is 48.1 Å². The molecule has 0 saturated heterocycles. The van der Waals surface area contributed by atoms with Gasteiger partial charge in [0.25, 0.3) is 0 Å². The highest BCUT2D eigenvalue weighted by molar-refractivity contribution is 6.42. The van der Waals surface area contributed by atoms with Gasteiger partial charge in [0.15, 0.2) is 0 Å². The quantitative estimate of drug-likeness (QED) is 0.0380. The van der Waals surface area contributed by atoms with Gasteiger partial charge in [-0.15, -0.1) is 0 Å². The van der Waals surface area contributed by atoms with Gasteiger partial charge in [-0.1, -0.05) is 78.9 Å². The van der Waals surface area contributed by atoms with E-state index in [0.717, 1.165) is 74.3 Å². The molecular formula is C60H40BF11N2O2. The second-order valence-corrected chi connectivity index (χ2v) is 19.8. The van der Waals surface area contributed by atoms with E-state index in [1.807, 2.05) is 54.6 Å². The van der Waals surface area contributed by atoms with E-state index >= 15 is 8.63 Å². The summed E-state index contributed by atoms with van der Waals surface area (Å²) in [4.78, 5) is 18.8. The number of nitrogens with zero attached hydrogens (tertiary/aromatic N) is 2. The Morgan fingerprint density at radius 1 is 0.605 bits per heavy atom. The maximum Gasteiger partial charge on any atom is 0.678 e. The Kier molecular flexibility index (Phi) is 11.4. The van der Waals surface area contributed by atoms with Crippen molar-refractivity contribution in [3.8, 4) is 17.0 Å². The van der Waals surface area contributed by atoms with E-state index < -0.39 is 54.0 Å². The van der Waals surface area contributed by atoms with Crippen LogP contribution in [-0.2, 0) is 49.0 Å². The number of fused-ring (bicyclic) bond motifs is 8. The topological polar surface area (TPSA) is 43.6 Å². The number of rotatable bonds is 8. The Balaban J connectivity index is 0.891. The predicted octanol–water partition coefficient (Wildman–Crippen LogP) is 16.8. The molecule has 12 rings (SSSR count). The van der Waals surface area contributed by atoms with Gasteiger partial charge in [-0.25, -0.2) is 4.99 Å². The summed E-state index contributed by atoms with van der Waals surface area (Å²) in [6.45, 7) is 3.59. The van der Waals surface area contributed by atoms with Crippen LogP contribution in [0.1, 0.15) is 86.2 Å². The number of allylic oxidation sites excluding steroid dienone is 2. The number of benzene rings is 8. The lowest BCUT2D eigenvalue weighted by atomic mass is 9.83. The lowest BCUT2D eigenvalue weighted by Crippen LogP contribution is -2.19. The molecule has 0 bridgehead atoms. The Morgan fingerprint density at radius 2 is 1.12 bits per heavy atom. The van der Waals surface area contributed by atoms with Crippen molar-refractivity contribution in [2.45, 2.75) is 77.3 Å². The Bertz CT molecular complexity index is 3950. The summed E-state index contributed by atoms with van der Waals surface area (Å²) >= 11 is 0. The first-order chi connectivity index (χ1) is 36.2. The van der Waals surface area contributed by atoms with Gasteiger partial charge in [-0.3, -0.25) is 13.4 Å². The molecule has 0 fully saturated rings. The van der Waals surface area contributed by atoms with Crippen molar-refractivity contribution in [2.75, 3.05) is 0 Å². The maximum absolute atomic E-state index is 15.7. The van der Waals surface area contributed by atoms with Gasteiger partial charge in [0.2, 0.25) is 0 Å². The SMILES string of the molecule is Cc1cc(OC(=O)CCCc2ccc3c4ccc(C(F)(F)F)c5c(C(F)(F)F)ccc(c6ccc(C(F)(F)F)c2c36)c54)cc(C)c1/C(=C1\C=C2CCc3ccccc3C2=N1)c1cc2c(n1B(F)F)-c1ccccc1CC2. The van der Waals surface area contributed by atoms with Crippen molar-refractivity contribution < 1.29 is 57.7 Å². The van der Waals surface area contributed by atoms with Crippen LogP contribution >= 0.6 is 0 Å². The lowest BCUT2D eigenvalue weighted by Gasteiger charge is -2.23. The van der Waals surface area contributed by atoms with Crippen LogP contribution in [0.3, 0.4) is 0 Å². The highest BCUT2D eigenvalue weighted by atomic mass is 19.4. The Morgan fingerprint density at radius 3 is 1.71 bits per heavy atom. The molecule has 0 spiro atoms. The molecule has 0 amide bonds. The van der Waals surface area contributed by atoms with Crippen molar-refractivity contribution in [1.29, 1.82) is 0 Å². The number of hydrogen-bond acceptors (Lipinski definition) is 3. The number of alkyl halides is 9. The van der Waals surface area contributed by atoms with Crippen molar-refractivity contribution in [2.24, 2.45) is 4.99 Å². The number of aryl methyl sites for hydroxylation is 6. The molecule has 0 radical (unpaired) electrons. The normalized spacial score (nSPS) is 15.2. The van der Waals surface area contributed by atoms with E-state index in [4.69, 9.17) is 9.73 Å². The van der Waals surface area contributed by atoms with E-state index in [9.17, 15) is 44.3 Å². The molecule has 1 aliphatic heterocycles. The van der Waals surface area contributed by atoms with Crippen LogP contribution < -0.4 is 4.74 Å². The molecule has 9 aromatic rings. The minimum atomic E-state index is -5.18. The third kappa shape index (κ3) is 7.96. The predicted molar refractivity (Wildman–Crippen MR) is 273 cm³/mol. The fourth-order valence-electron chi connectivity index (χ4n) is 12.2. The van der Waals surface area contributed by atoms with E-state index in [2.05, 4.69) is 6.07 Å². The largest absolute Gasteiger partial charge is 0.678 e. The summed E-state index contributed by atoms with van der Waals surface area (Å²) in [7, 11) is -2.92. The average Bonchev–Trinajstić information content (AvgIpc) is 4.01. The Labute approximate surface area is 427 Å². The molecule has 8 aromatic carbocycles. The fourth-order valence-corrected chi connectivity index (χ4v) is 12.2. The molecule has 3 aliphatic rings. The molecule has 0 N–H and O–H groups in total. The van der Waals surface area contributed by atoms with Gasteiger partial charge in [-0.2, -0.15) is 39.5 Å². The zero-order chi connectivity index (χ0) is 53.3. The third-order valence-electron chi connectivity index (χ3n) is 15.3. The summed E-state index contributed by atoms with van der Waals surface area (Å²) in [6.07, 6.45) is -10.9. The maximum atomic E-state index is 15.7. The van der Waals surface area contributed by atoms with Crippen LogP contribution in [-0.4, -0.2) is 23.6 Å². The minimum absolute atomic E-state index is 0.00625. The van der Waals surface area contributed by atoms with Crippen molar-refractivity contribution in [3.05, 3.63) is 199 Å². The number of esters is 1. The molecule has 1 aromatic heterocycles. The number of aromatic nitrogens is 1. The van der Waals surface area contributed by atoms with Gasteiger partial charge in [-0.05, 0) is 177 Å². The van der Waals surface area contributed by atoms with Gasteiger partial charge in [0, 0.05) is 39.9 Å². The zero-order valence-corrected chi connectivity index (χ0v) is 40.4. The smallest absolute Gasteiger partial charge is 0.427 e. The number of carbonyl (C=O) groups excluding carboxylic acids is 1. The number of halogens is 11. The third-order valence-corrected chi connectivity index (χ3v) is 15.3. The standard InChI is InChI=1S/C60H40BF11N2O2/c1-30-26-37(27-31(2)50(30)55(47-28-35-16-14-32-8-3-5-11-38(32)56(35)73-47)48-29-36-17-15-33-9-4-6-12-39(33)57(36)74(48)61(71)72)76-49(75)13-7-10-34-18-19-40-42-21-24-45(59(65,66)67)54-46(60(68,69)70)25-22-43(53(42)54)41-20-23-44(58(62,63)64)51(34)52(40)41/h3-6,8-9,11-12,18-29H,7,10,13-17H2,1-2H3/b55-47+. The van der Waals surface area contributed by atoms with Crippen molar-refractivity contribution in [1.82, 2.24) is 4.48 Å². The first kappa shape index (κ1) is 49.2. The number of carbonyl (C=O) groups is 1. The first-order valence-electron chi connectivity index (χ1n) is 24.6. The second kappa shape index (κ2) is 17.7. The van der Waals surface area contributed by atoms with E-state index in [-0.39, 0.29) is 74.0 Å². The molecule has 382 valence electrons. The van der Waals surface area contributed by atoms with Crippen LogP contribution in [0.2, 0.25) is 0 Å². The number of ether oxygens (including phenoxy) is 1. The van der Waals surface area contributed by atoms with Gasteiger partial charge in [0.1, 0.15) is 5.75 Å². The summed E-state index contributed by atoms with van der Waals surface area (Å²) in [6, 6.07) is 28.3. The molecule has 0 saturated carbocycles. The molecule has 0 unspecified atom stereocenters. The number of aliphatic imine (C=N–C) groups is 1. The Hall–Kier alpha value is -7.75. The summed E-state index contributed by atoms with van der Waals surface area (Å²) in [5.74, 6) is -0.557. The highest BCUT2D eigenvalue weighted by Crippen LogP contribution is 2.51. The van der Waals surface area contributed by atoms with Gasteiger partial charge < -0.3 is 9.21 Å². The zero-order valence-electron chi connectivity index (χ0n) is 40.4. The average molecular weight is 1040 g/mol. The summed E-state index contributed by atoms with van der Waals surface area (Å²) < 4.78 is 169. The number of hydrogen-bond donors (Lipinski definition) is 0. The molecule has 4 nitrogen and oxygen atoms in total. The summed E-state index contributed by atoms with van der Waals surface area (Å²) in [5.41, 5.74) is 6.01. The fraction of sp³-hybridized carbons (Fsp3) is 0.200. The van der Waals surface area contributed by atoms with Crippen molar-refractivity contribution in [3.63, 3.8) is 0 Å². The van der Waals surface area contributed by atoms with Crippen LogP contribution in [0.15, 0.2) is 138 Å². The molecule has 16 heteroatoms. The first-order valence-corrected chi connectivity index (χ1v) is 24.6. The van der Waals surface area contributed by atoms with E-state index in [0.29, 0.717) is 65.0 Å². The van der Waals surface area contributed by atoms with Crippen molar-refractivity contribution >= 4 is 67.7 Å². The molecule has 76 heavy (non-hydrogen) atoms. The van der Waals surface area contributed by atoms with Gasteiger partial charge >= 0.3 is 31.9 Å². The van der Waals surface area contributed by atoms with E-state index in [1.165, 1.54) is 12.1 Å². The molecule has 2 aliphatic carbocycles. The molecule has 2 heterocycles. The van der Waals surface area contributed by atoms with E-state index in [1.54, 1.807) is 26.0 Å². The molecule has 0 atom stereocenters. The van der Waals surface area contributed by atoms with Crippen LogP contribution in [0.25, 0.3) is 59.9 Å². The van der Waals surface area contributed by atoms with Crippen LogP contribution in [0.5, 0.6) is 5.75 Å².